The quantitative estimate of drug-likeness (QED) is 0.166. The van der Waals surface area contributed by atoms with Crippen molar-refractivity contribution in [3.8, 4) is 0 Å². The van der Waals surface area contributed by atoms with E-state index in [9.17, 15) is 33.6 Å². The molecule has 0 aromatic heterocycles. The number of carbonyl (C=O) groups is 7. The Hall–Kier alpha value is -3.71. The maximum absolute atomic E-state index is 12.3. The molecule has 29 heavy (non-hydrogen) atoms. The van der Waals surface area contributed by atoms with Gasteiger partial charge in [0.2, 0.25) is 23.6 Å². The van der Waals surface area contributed by atoms with E-state index in [0.29, 0.717) is 0 Å². The second-order valence-corrected chi connectivity index (χ2v) is 5.78. The number of likely N-dealkylation sites (N-methyl/N-ethyl adjacent to an activating group) is 1. The van der Waals surface area contributed by atoms with Crippen LogP contribution in [0, 0.1) is 0 Å². The van der Waals surface area contributed by atoms with Gasteiger partial charge in [-0.05, 0) is 0 Å². The van der Waals surface area contributed by atoms with E-state index in [-0.39, 0.29) is 0 Å². The van der Waals surface area contributed by atoms with E-state index in [4.69, 9.17) is 15.3 Å². The van der Waals surface area contributed by atoms with Gasteiger partial charge in [-0.3, -0.25) is 33.6 Å². The van der Waals surface area contributed by atoms with Gasteiger partial charge in [-0.15, -0.1) is 0 Å². The molecular formula is C15H22N4O10. The number of hydrogen-bond donors (Lipinski definition) is 7. The van der Waals surface area contributed by atoms with Crippen LogP contribution >= 0.6 is 0 Å². The molecule has 0 fully saturated rings. The van der Waals surface area contributed by atoms with Crippen LogP contribution < -0.4 is 21.3 Å². The molecule has 0 unspecified atom stereocenters. The number of carbonyl (C=O) groups excluding carboxylic acids is 4. The number of carboxylic acids is 3. The van der Waals surface area contributed by atoms with Crippen LogP contribution in [0.25, 0.3) is 0 Å². The molecule has 0 aliphatic rings. The molecule has 0 aliphatic heterocycles. The van der Waals surface area contributed by atoms with Crippen molar-refractivity contribution in [2.24, 2.45) is 0 Å². The lowest BCUT2D eigenvalue weighted by Crippen LogP contribution is -2.57. The molecular weight excluding hydrogens is 396 g/mol. The van der Waals surface area contributed by atoms with E-state index < -0.39 is 78.9 Å². The standard InChI is InChI=1S/C15H22N4O10/c1-6(20)17-8(4-11(23)24)14(28)19-9(5-12(25)26)15(29)18-7(3-10(21)22)13(27)16-2/h7-9H,3-5H2,1-2H3,(H,16,27)(H,17,20)(H,18,29)(H,19,28)(H,21,22)(H,23,24)(H,25,26)/t7-,8-,9-/m0/s1. The summed E-state index contributed by atoms with van der Waals surface area (Å²) in [6, 6.07) is -4.92. The Morgan fingerprint density at radius 1 is 0.621 bits per heavy atom. The van der Waals surface area contributed by atoms with Gasteiger partial charge in [0.15, 0.2) is 0 Å². The molecule has 14 nitrogen and oxygen atoms in total. The zero-order valence-corrected chi connectivity index (χ0v) is 15.6. The summed E-state index contributed by atoms with van der Waals surface area (Å²) in [7, 11) is 1.18. The molecule has 7 N–H and O–H groups in total. The normalized spacial score (nSPS) is 13.2. The number of amides is 4. The third kappa shape index (κ3) is 10.3. The van der Waals surface area contributed by atoms with Crippen molar-refractivity contribution in [2.45, 2.75) is 44.3 Å². The molecule has 0 aliphatic carbocycles. The van der Waals surface area contributed by atoms with Gasteiger partial charge < -0.3 is 36.6 Å². The maximum Gasteiger partial charge on any atom is 0.305 e. The van der Waals surface area contributed by atoms with Crippen molar-refractivity contribution in [2.75, 3.05) is 7.05 Å². The van der Waals surface area contributed by atoms with E-state index in [1.807, 2.05) is 10.6 Å². The monoisotopic (exact) mass is 418 g/mol. The molecule has 0 aromatic rings. The molecule has 0 saturated carbocycles. The Kier molecular flexibility index (Phi) is 10.4. The molecule has 0 heterocycles. The number of rotatable bonds is 12. The van der Waals surface area contributed by atoms with Crippen molar-refractivity contribution in [3.63, 3.8) is 0 Å². The van der Waals surface area contributed by atoms with Crippen LogP contribution in [0.3, 0.4) is 0 Å². The van der Waals surface area contributed by atoms with Gasteiger partial charge in [-0.1, -0.05) is 0 Å². The van der Waals surface area contributed by atoms with Gasteiger partial charge in [0, 0.05) is 14.0 Å². The van der Waals surface area contributed by atoms with Crippen LogP contribution in [0.15, 0.2) is 0 Å². The van der Waals surface area contributed by atoms with E-state index in [1.165, 1.54) is 7.05 Å². The second-order valence-electron chi connectivity index (χ2n) is 5.78. The highest BCUT2D eigenvalue weighted by Crippen LogP contribution is 2.01. The molecule has 14 heteroatoms. The predicted molar refractivity (Wildman–Crippen MR) is 92.3 cm³/mol. The fraction of sp³-hybridized carbons (Fsp3) is 0.533. The predicted octanol–water partition coefficient (Wildman–Crippen LogP) is -3.37. The van der Waals surface area contributed by atoms with Crippen molar-refractivity contribution < 1.29 is 48.9 Å². The summed E-state index contributed by atoms with van der Waals surface area (Å²) in [5.41, 5.74) is 0. The summed E-state index contributed by atoms with van der Waals surface area (Å²) in [6.45, 7) is 1.02. The third-order valence-electron chi connectivity index (χ3n) is 3.34. The maximum atomic E-state index is 12.3. The SMILES string of the molecule is CNC(=O)[C@H](CC(=O)O)NC(=O)[C@H](CC(=O)O)NC(=O)[C@H](CC(=O)O)NC(C)=O. The molecule has 0 bridgehead atoms. The van der Waals surface area contributed by atoms with Crippen molar-refractivity contribution >= 4 is 41.5 Å². The third-order valence-corrected chi connectivity index (χ3v) is 3.34. The van der Waals surface area contributed by atoms with E-state index in [2.05, 4.69) is 10.6 Å². The molecule has 0 rings (SSSR count). The highest BCUT2D eigenvalue weighted by atomic mass is 16.4. The zero-order chi connectivity index (χ0) is 22.7. The highest BCUT2D eigenvalue weighted by molar-refractivity contribution is 5.97. The Labute approximate surface area is 164 Å². The lowest BCUT2D eigenvalue weighted by atomic mass is 10.1. The van der Waals surface area contributed by atoms with Gasteiger partial charge in [0.1, 0.15) is 18.1 Å². The molecule has 0 spiro atoms. The molecule has 0 saturated heterocycles. The summed E-state index contributed by atoms with van der Waals surface area (Å²) in [5.74, 6) is -8.35. The summed E-state index contributed by atoms with van der Waals surface area (Å²) in [4.78, 5) is 80.1. The summed E-state index contributed by atoms with van der Waals surface area (Å²) in [5, 5.41) is 34.8. The van der Waals surface area contributed by atoms with Crippen molar-refractivity contribution in [3.05, 3.63) is 0 Å². The first-order chi connectivity index (χ1) is 13.4. The fourth-order valence-corrected chi connectivity index (χ4v) is 2.12. The van der Waals surface area contributed by atoms with E-state index >= 15 is 0 Å². The van der Waals surface area contributed by atoms with Crippen LogP contribution in [-0.2, 0) is 33.6 Å². The average Bonchev–Trinajstić information content (AvgIpc) is 2.57. The van der Waals surface area contributed by atoms with Gasteiger partial charge in [0.05, 0.1) is 19.3 Å². The number of hydrogen-bond acceptors (Lipinski definition) is 7. The lowest BCUT2D eigenvalue weighted by Gasteiger charge is -2.23. The Morgan fingerprint density at radius 3 is 1.21 bits per heavy atom. The van der Waals surface area contributed by atoms with Crippen molar-refractivity contribution in [1.29, 1.82) is 0 Å². The number of nitrogens with one attached hydrogen (secondary N) is 4. The highest BCUT2D eigenvalue weighted by Gasteiger charge is 2.32. The Balaban J connectivity index is 5.46. The van der Waals surface area contributed by atoms with Crippen LogP contribution in [0.1, 0.15) is 26.2 Å². The Bertz CT molecular complexity index is 677. The van der Waals surface area contributed by atoms with E-state index in [0.717, 1.165) is 6.92 Å². The van der Waals surface area contributed by atoms with Gasteiger partial charge in [-0.25, -0.2) is 0 Å². The van der Waals surface area contributed by atoms with Crippen LogP contribution in [0.4, 0.5) is 0 Å². The Morgan fingerprint density at radius 2 is 0.931 bits per heavy atom. The van der Waals surface area contributed by atoms with Gasteiger partial charge >= 0.3 is 17.9 Å². The largest absolute Gasteiger partial charge is 0.481 e. The average molecular weight is 418 g/mol. The molecule has 0 radical (unpaired) electrons. The second kappa shape index (κ2) is 11.9. The first-order valence-electron chi connectivity index (χ1n) is 8.12. The van der Waals surface area contributed by atoms with Crippen LogP contribution in [-0.4, -0.2) is 82.0 Å². The smallest absolute Gasteiger partial charge is 0.305 e. The number of carboxylic acid groups (broad SMARTS) is 3. The van der Waals surface area contributed by atoms with Crippen LogP contribution in [0.2, 0.25) is 0 Å². The minimum absolute atomic E-state index is 0.744. The first-order valence-corrected chi connectivity index (χ1v) is 8.12. The van der Waals surface area contributed by atoms with Gasteiger partial charge in [-0.2, -0.15) is 0 Å². The van der Waals surface area contributed by atoms with Crippen molar-refractivity contribution in [1.82, 2.24) is 21.3 Å². The first kappa shape index (κ1) is 25.3. The summed E-state index contributed by atoms with van der Waals surface area (Å²) in [6.07, 6.45) is -2.61. The van der Waals surface area contributed by atoms with Crippen LogP contribution in [0.5, 0.6) is 0 Å². The van der Waals surface area contributed by atoms with Gasteiger partial charge in [0.25, 0.3) is 0 Å². The lowest BCUT2D eigenvalue weighted by molar-refractivity contribution is -0.144. The minimum Gasteiger partial charge on any atom is -0.481 e. The topological polar surface area (TPSA) is 228 Å². The van der Waals surface area contributed by atoms with E-state index in [1.54, 1.807) is 0 Å². The molecule has 3 atom stereocenters. The zero-order valence-electron chi connectivity index (χ0n) is 15.6. The minimum atomic E-state index is -1.77. The molecule has 0 aromatic carbocycles. The number of aliphatic carboxylic acids is 3. The molecule has 162 valence electrons. The summed E-state index contributed by atoms with van der Waals surface area (Å²) < 4.78 is 0. The summed E-state index contributed by atoms with van der Waals surface area (Å²) >= 11 is 0. The fourth-order valence-electron chi connectivity index (χ4n) is 2.12. The molecule has 4 amide bonds.